The summed E-state index contributed by atoms with van der Waals surface area (Å²) in [6.45, 7) is 5.08. The van der Waals surface area contributed by atoms with Gasteiger partial charge < -0.3 is 13.9 Å². The lowest BCUT2D eigenvalue weighted by Crippen LogP contribution is -2.06. The summed E-state index contributed by atoms with van der Waals surface area (Å²) in [6.07, 6.45) is 0. The minimum atomic E-state index is -0.476. The van der Waals surface area contributed by atoms with Crippen LogP contribution in [0.3, 0.4) is 0 Å². The lowest BCUT2D eigenvalue weighted by molar-refractivity contribution is -0.131. The fourth-order valence-electron chi connectivity index (χ4n) is 1.81. The standard InChI is InChI=1S/C14H14O5/c1-4-17-14(16)11-6-10-5-8(2)18-13(10)12(7-11)19-9(3)15/h5-7H,4H2,1-3H3. The minimum absolute atomic E-state index is 0.223. The molecule has 2 rings (SSSR count). The lowest BCUT2D eigenvalue weighted by Gasteiger charge is -2.06. The largest absolute Gasteiger partial charge is 0.462 e. The van der Waals surface area contributed by atoms with Crippen LogP contribution >= 0.6 is 0 Å². The van der Waals surface area contributed by atoms with Crippen LogP contribution in [-0.2, 0) is 9.53 Å². The van der Waals surface area contributed by atoms with Crippen molar-refractivity contribution in [3.8, 4) is 5.75 Å². The Morgan fingerprint density at radius 1 is 1.26 bits per heavy atom. The van der Waals surface area contributed by atoms with Crippen molar-refractivity contribution < 1.29 is 23.5 Å². The van der Waals surface area contributed by atoms with Crippen LogP contribution in [0.1, 0.15) is 30.0 Å². The molecule has 0 saturated heterocycles. The summed E-state index contributed by atoms with van der Waals surface area (Å²) >= 11 is 0. The highest BCUT2D eigenvalue weighted by Crippen LogP contribution is 2.30. The molecule has 0 bridgehead atoms. The van der Waals surface area contributed by atoms with E-state index in [0.29, 0.717) is 22.3 Å². The third-order valence-electron chi connectivity index (χ3n) is 2.47. The zero-order valence-corrected chi connectivity index (χ0v) is 11.0. The second-order valence-electron chi connectivity index (χ2n) is 4.06. The van der Waals surface area contributed by atoms with Crippen molar-refractivity contribution in [3.63, 3.8) is 0 Å². The van der Waals surface area contributed by atoms with Gasteiger partial charge in [0.2, 0.25) is 0 Å². The molecule has 0 saturated carbocycles. The van der Waals surface area contributed by atoms with Gasteiger partial charge in [0.05, 0.1) is 12.2 Å². The summed E-state index contributed by atoms with van der Waals surface area (Å²) in [6, 6.07) is 4.87. The molecular formula is C14H14O5. The zero-order valence-electron chi connectivity index (χ0n) is 11.0. The normalized spacial score (nSPS) is 10.5. The number of ether oxygens (including phenoxy) is 2. The molecule has 1 aromatic heterocycles. The van der Waals surface area contributed by atoms with E-state index in [4.69, 9.17) is 13.9 Å². The van der Waals surface area contributed by atoms with Gasteiger partial charge in [-0.05, 0) is 32.0 Å². The number of esters is 2. The molecule has 100 valence electrons. The molecule has 0 amide bonds. The molecule has 0 aliphatic rings. The van der Waals surface area contributed by atoms with E-state index in [1.165, 1.54) is 13.0 Å². The quantitative estimate of drug-likeness (QED) is 0.628. The Bertz CT molecular complexity index is 639. The predicted molar refractivity (Wildman–Crippen MR) is 68.2 cm³/mol. The molecule has 0 fully saturated rings. The molecule has 0 spiro atoms. The van der Waals surface area contributed by atoms with Gasteiger partial charge in [-0.1, -0.05) is 0 Å². The van der Waals surface area contributed by atoms with Crippen LogP contribution in [0.25, 0.3) is 11.0 Å². The molecule has 1 heterocycles. The molecule has 5 heteroatoms. The Morgan fingerprint density at radius 2 is 2.00 bits per heavy atom. The number of benzene rings is 1. The molecule has 0 aliphatic heterocycles. The highest BCUT2D eigenvalue weighted by atomic mass is 16.5. The number of hydrogen-bond donors (Lipinski definition) is 0. The summed E-state index contributed by atoms with van der Waals surface area (Å²) in [7, 11) is 0. The highest BCUT2D eigenvalue weighted by molar-refractivity contribution is 5.97. The van der Waals surface area contributed by atoms with Crippen molar-refractivity contribution in [1.29, 1.82) is 0 Å². The number of aryl methyl sites for hydroxylation is 1. The number of rotatable bonds is 3. The third kappa shape index (κ3) is 2.76. The number of hydrogen-bond acceptors (Lipinski definition) is 5. The molecule has 0 unspecified atom stereocenters. The average molecular weight is 262 g/mol. The minimum Gasteiger partial charge on any atom is -0.462 e. The number of furan rings is 1. The first-order valence-corrected chi connectivity index (χ1v) is 5.91. The maximum absolute atomic E-state index is 11.7. The van der Waals surface area contributed by atoms with Gasteiger partial charge in [-0.2, -0.15) is 0 Å². The SMILES string of the molecule is CCOC(=O)c1cc(OC(C)=O)c2oc(C)cc2c1. The first kappa shape index (κ1) is 13.1. The second-order valence-corrected chi connectivity index (χ2v) is 4.06. The van der Waals surface area contributed by atoms with Crippen molar-refractivity contribution in [1.82, 2.24) is 0 Å². The van der Waals surface area contributed by atoms with E-state index in [9.17, 15) is 9.59 Å². The summed E-state index contributed by atoms with van der Waals surface area (Å²) in [5.41, 5.74) is 0.771. The number of carbonyl (C=O) groups is 2. The second kappa shape index (κ2) is 5.14. The van der Waals surface area contributed by atoms with Crippen LogP contribution < -0.4 is 4.74 Å². The Labute approximate surface area is 110 Å². The average Bonchev–Trinajstić information content (AvgIpc) is 2.69. The summed E-state index contributed by atoms with van der Waals surface area (Å²) in [4.78, 5) is 22.8. The smallest absolute Gasteiger partial charge is 0.338 e. The van der Waals surface area contributed by atoms with E-state index in [1.807, 2.05) is 0 Å². The van der Waals surface area contributed by atoms with E-state index in [0.717, 1.165) is 0 Å². The Balaban J connectivity index is 2.55. The highest BCUT2D eigenvalue weighted by Gasteiger charge is 2.16. The predicted octanol–water partition coefficient (Wildman–Crippen LogP) is 2.84. The Kier molecular flexibility index (Phi) is 3.55. The molecule has 0 radical (unpaired) electrons. The van der Waals surface area contributed by atoms with E-state index in [-0.39, 0.29) is 12.4 Å². The summed E-state index contributed by atoms with van der Waals surface area (Å²) in [5.74, 6) is -0.0430. The fraction of sp³-hybridized carbons (Fsp3) is 0.286. The van der Waals surface area contributed by atoms with Crippen molar-refractivity contribution in [2.45, 2.75) is 20.8 Å². The Morgan fingerprint density at radius 3 is 2.63 bits per heavy atom. The van der Waals surface area contributed by atoms with Crippen molar-refractivity contribution in [3.05, 3.63) is 29.5 Å². The summed E-state index contributed by atoms with van der Waals surface area (Å²) in [5, 5.41) is 0.694. The van der Waals surface area contributed by atoms with Gasteiger partial charge in [-0.3, -0.25) is 4.79 Å². The van der Waals surface area contributed by atoms with Crippen LogP contribution in [-0.4, -0.2) is 18.5 Å². The van der Waals surface area contributed by atoms with Crippen molar-refractivity contribution in [2.24, 2.45) is 0 Å². The fourth-order valence-corrected chi connectivity index (χ4v) is 1.81. The van der Waals surface area contributed by atoms with Gasteiger partial charge >= 0.3 is 11.9 Å². The van der Waals surface area contributed by atoms with Gasteiger partial charge in [-0.15, -0.1) is 0 Å². The van der Waals surface area contributed by atoms with E-state index < -0.39 is 11.9 Å². The van der Waals surface area contributed by atoms with Crippen LogP contribution in [0.15, 0.2) is 22.6 Å². The van der Waals surface area contributed by atoms with Gasteiger partial charge in [-0.25, -0.2) is 4.79 Å². The maximum Gasteiger partial charge on any atom is 0.338 e. The third-order valence-corrected chi connectivity index (χ3v) is 2.47. The lowest BCUT2D eigenvalue weighted by atomic mass is 10.1. The topological polar surface area (TPSA) is 65.7 Å². The first-order chi connectivity index (χ1) is 9.01. The van der Waals surface area contributed by atoms with Gasteiger partial charge in [0.1, 0.15) is 5.76 Å². The molecule has 0 N–H and O–H groups in total. The molecule has 1 aromatic carbocycles. The van der Waals surface area contributed by atoms with Crippen LogP contribution in [0, 0.1) is 6.92 Å². The van der Waals surface area contributed by atoms with Gasteiger partial charge in [0.15, 0.2) is 11.3 Å². The molecule has 5 nitrogen and oxygen atoms in total. The van der Waals surface area contributed by atoms with Gasteiger partial charge in [0, 0.05) is 12.3 Å². The molecule has 2 aromatic rings. The summed E-state index contributed by atoms with van der Waals surface area (Å²) < 4.78 is 15.5. The maximum atomic E-state index is 11.7. The van der Waals surface area contributed by atoms with E-state index in [2.05, 4.69) is 0 Å². The Hall–Kier alpha value is -2.30. The van der Waals surface area contributed by atoms with Crippen LogP contribution in [0.5, 0.6) is 5.75 Å². The van der Waals surface area contributed by atoms with E-state index >= 15 is 0 Å². The molecule has 19 heavy (non-hydrogen) atoms. The molecule has 0 aliphatic carbocycles. The van der Waals surface area contributed by atoms with Crippen molar-refractivity contribution >= 4 is 22.9 Å². The van der Waals surface area contributed by atoms with Gasteiger partial charge in [0.25, 0.3) is 0 Å². The number of fused-ring (bicyclic) bond motifs is 1. The molecular weight excluding hydrogens is 248 g/mol. The zero-order chi connectivity index (χ0) is 14.0. The molecule has 0 atom stereocenters. The number of carbonyl (C=O) groups excluding carboxylic acids is 2. The van der Waals surface area contributed by atoms with Crippen LogP contribution in [0.2, 0.25) is 0 Å². The first-order valence-electron chi connectivity index (χ1n) is 5.91. The van der Waals surface area contributed by atoms with Crippen LogP contribution in [0.4, 0.5) is 0 Å². The van der Waals surface area contributed by atoms with Crippen molar-refractivity contribution in [2.75, 3.05) is 6.61 Å². The monoisotopic (exact) mass is 262 g/mol. The van der Waals surface area contributed by atoms with E-state index in [1.54, 1.807) is 26.0 Å².